The molecule has 6 aliphatic rings. The molecule has 6 fully saturated rings. The first-order valence-corrected chi connectivity index (χ1v) is 33.8. The maximum Gasteiger partial charge on any atom is 0.324 e. The van der Waals surface area contributed by atoms with Crippen molar-refractivity contribution in [1.82, 2.24) is 5.32 Å². The van der Waals surface area contributed by atoms with E-state index in [4.69, 9.17) is 139 Å². The lowest BCUT2D eigenvalue weighted by Crippen LogP contribution is -2.67. The highest BCUT2D eigenvalue weighted by Gasteiger charge is 2.66. The Morgan fingerprint density at radius 1 is 0.732 bits per heavy atom. The molecule has 6 radical (unpaired) electrons. The van der Waals surface area contributed by atoms with Gasteiger partial charge in [-0.15, -0.1) is 0 Å². The van der Waals surface area contributed by atoms with Crippen LogP contribution in [0.15, 0.2) is 9.98 Å². The molecule has 0 aromatic carbocycles. The average molecular weight is 1290 g/mol. The zero-order chi connectivity index (χ0) is 61.1. The van der Waals surface area contributed by atoms with Crippen molar-refractivity contribution in [3.63, 3.8) is 0 Å². The molecule has 82 heavy (non-hydrogen) atoms. The second kappa shape index (κ2) is 29.1. The van der Waals surface area contributed by atoms with E-state index < -0.39 is 197 Å². The van der Waals surface area contributed by atoms with Gasteiger partial charge >= 0.3 is 20.2 Å². The van der Waals surface area contributed by atoms with Crippen LogP contribution in [-0.4, -0.2) is 272 Å². The van der Waals surface area contributed by atoms with Crippen LogP contribution in [0.5, 0.6) is 0 Å². The lowest BCUT2D eigenvalue weighted by Gasteiger charge is -2.49. The molecule has 1 saturated carbocycles. The highest BCUT2D eigenvalue weighted by atomic mass is 32.5. The number of ether oxygens (including phenoxy) is 8. The summed E-state index contributed by atoms with van der Waals surface area (Å²) in [6, 6.07) is -5.41. The van der Waals surface area contributed by atoms with Crippen molar-refractivity contribution < 1.29 is 115 Å². The van der Waals surface area contributed by atoms with Gasteiger partial charge in [-0.05, 0) is 81.0 Å². The first-order valence-electron chi connectivity index (χ1n) is 26.0. The second-order valence-corrected chi connectivity index (χ2v) is 29.4. The van der Waals surface area contributed by atoms with Crippen molar-refractivity contribution in [1.29, 1.82) is 0 Å². The van der Waals surface area contributed by atoms with E-state index in [-0.39, 0.29) is 39.1 Å². The Hall–Kier alpha value is -0.315. The van der Waals surface area contributed by atoms with Gasteiger partial charge in [-0.2, -0.15) is 0 Å². The molecule has 6 rings (SSSR count). The molecule has 0 bridgehead atoms. The van der Waals surface area contributed by atoms with Gasteiger partial charge in [-0.3, -0.25) is 0 Å². The number of aliphatic hydroxyl groups is 7. The quantitative estimate of drug-likeness (QED) is 0.0150. The first kappa shape index (κ1) is 70.8. The monoisotopic (exact) mass is 1290 g/mol. The van der Waals surface area contributed by atoms with Gasteiger partial charge < -0.3 is 144 Å². The standard InChI is InChI=1S/C42H77B3N7O24P3S3/c1-7-64-77(60,80)74-18-8-26(43)68-24(18)14-65-78(61,81)75-19-9-27(44)69-25(19)15-66-79(62,82)76-20-10-28(70-23(20)13-63-6)45-16-40(3,4)42(59)17(2)67-37(35(42)73-36-29(50-5)32(56)31(55)22(12-53)72-36)71-21-11-41(58,52-39(48)49)34(51-38(46)47)33(57)30(21)54/h16-37,50,53-59H,7-15H2,1-6H3,(H,60,80)(H,61,81)(H,62,82)(H4,46,47,51)(H4,48,49,52). The maximum atomic E-state index is 13.2. The Morgan fingerprint density at radius 3 is 1.77 bits per heavy atom. The van der Waals surface area contributed by atoms with Crippen molar-refractivity contribution >= 4 is 90.5 Å². The predicted molar refractivity (Wildman–Crippen MR) is 301 cm³/mol. The predicted octanol–water partition coefficient (Wildman–Crippen LogP) is -5.91. The Bertz CT molecular complexity index is 2330. The van der Waals surface area contributed by atoms with Crippen LogP contribution in [0.1, 0.15) is 53.4 Å². The molecule has 40 heteroatoms. The van der Waals surface area contributed by atoms with Gasteiger partial charge in [-0.1, -0.05) is 20.2 Å². The lowest BCUT2D eigenvalue weighted by atomic mass is 9.53. The molecular weight excluding hydrogens is 1210 g/mol. The molecular formula is C42H77B3N7O24P3S3. The third-order valence-corrected chi connectivity index (χ3v) is 19.6. The number of nitrogens with zero attached hydrogens (tertiary/aromatic N) is 2. The summed E-state index contributed by atoms with van der Waals surface area (Å²) in [5.41, 5.74) is 16.3. The molecule has 0 aromatic rings. The van der Waals surface area contributed by atoms with Gasteiger partial charge in [0.05, 0.1) is 69.6 Å². The summed E-state index contributed by atoms with van der Waals surface area (Å²) in [4.78, 5) is 40.6. The highest BCUT2D eigenvalue weighted by Crippen LogP contribution is 2.54. The molecule has 466 valence electrons. The number of nitrogens with two attached hydrogens (primary N) is 4. The van der Waals surface area contributed by atoms with Crippen molar-refractivity contribution in [3.8, 4) is 0 Å². The van der Waals surface area contributed by atoms with Gasteiger partial charge in [0.25, 0.3) is 0 Å². The molecule has 26 atom stereocenters. The third-order valence-electron chi connectivity index (χ3n) is 14.8. The second-order valence-electron chi connectivity index (χ2n) is 21.1. The van der Waals surface area contributed by atoms with Gasteiger partial charge in [0.15, 0.2) is 37.5 Å². The molecule has 19 N–H and O–H groups in total. The van der Waals surface area contributed by atoms with Crippen LogP contribution in [0.4, 0.5) is 0 Å². The van der Waals surface area contributed by atoms with Crippen LogP contribution in [0, 0.1) is 11.7 Å². The summed E-state index contributed by atoms with van der Waals surface area (Å²) < 4.78 is 82.0. The number of nitrogens with one attached hydrogen (secondary N) is 1. The summed E-state index contributed by atoms with van der Waals surface area (Å²) >= 11 is 15.8. The molecule has 0 aromatic heterocycles. The number of hydrogen-bond donors (Lipinski definition) is 15. The van der Waals surface area contributed by atoms with E-state index in [1.54, 1.807) is 34.4 Å². The summed E-state index contributed by atoms with van der Waals surface area (Å²) in [5, 5.41) is 82.5. The normalized spacial score (nSPS) is 43.0. The van der Waals surface area contributed by atoms with E-state index in [2.05, 4.69) is 15.3 Å². The summed E-state index contributed by atoms with van der Waals surface area (Å²) in [6.07, 6.45) is -20.6. The van der Waals surface area contributed by atoms with Crippen molar-refractivity contribution in [2.24, 2.45) is 38.3 Å². The van der Waals surface area contributed by atoms with Crippen LogP contribution in [0.2, 0.25) is 0 Å². The number of methoxy groups -OCH3 is 1. The van der Waals surface area contributed by atoms with Gasteiger partial charge in [0, 0.05) is 31.5 Å². The third kappa shape index (κ3) is 17.3. The number of rotatable bonds is 28. The molecule has 1 aliphatic carbocycles. The number of likely N-dealkylation sites (N-methyl/N-ethyl adjacent to an activating group) is 1. The van der Waals surface area contributed by atoms with Crippen molar-refractivity contribution in [2.75, 3.05) is 47.2 Å². The molecule has 26 unspecified atom stereocenters. The molecule has 5 heterocycles. The average Bonchev–Trinajstić information content (AvgIpc) is 3.47. The zero-order valence-electron chi connectivity index (χ0n) is 45.8. The fraction of sp³-hybridized carbons (Fsp3) is 0.929. The van der Waals surface area contributed by atoms with Crippen molar-refractivity contribution in [2.45, 2.75) is 193 Å². The van der Waals surface area contributed by atoms with Gasteiger partial charge in [-0.25, -0.2) is 9.98 Å². The minimum Gasteiger partial charge on any atom is -0.394 e. The molecule has 5 saturated heterocycles. The van der Waals surface area contributed by atoms with E-state index >= 15 is 0 Å². The van der Waals surface area contributed by atoms with Gasteiger partial charge in [0.2, 0.25) is 0 Å². The summed E-state index contributed by atoms with van der Waals surface area (Å²) in [6.45, 7) is -7.02. The lowest BCUT2D eigenvalue weighted by molar-refractivity contribution is -0.321. The number of hydrogen-bond acceptors (Lipinski definition) is 27. The largest absolute Gasteiger partial charge is 0.394 e. The molecule has 5 aliphatic heterocycles. The number of guanidine groups is 2. The molecule has 0 amide bonds. The summed E-state index contributed by atoms with van der Waals surface area (Å²) in [5.74, 6) is -1.22. The van der Waals surface area contributed by atoms with Crippen LogP contribution in [0.25, 0.3) is 0 Å². The Labute approximate surface area is 493 Å². The van der Waals surface area contributed by atoms with Crippen LogP contribution < -0.4 is 28.3 Å². The molecule has 0 spiro atoms. The first-order chi connectivity index (χ1) is 38.1. The fourth-order valence-corrected chi connectivity index (χ4v) is 15.3. The smallest absolute Gasteiger partial charge is 0.324 e. The fourth-order valence-electron chi connectivity index (χ4n) is 10.7. The van der Waals surface area contributed by atoms with E-state index in [9.17, 15) is 50.4 Å². The number of aliphatic imine (C=N–C) groups is 2. The van der Waals surface area contributed by atoms with E-state index in [1.165, 1.54) is 21.1 Å². The Morgan fingerprint density at radius 2 is 1.27 bits per heavy atom. The minimum absolute atomic E-state index is 0.0183. The minimum atomic E-state index is -4.17. The van der Waals surface area contributed by atoms with E-state index in [0.29, 0.717) is 0 Å². The van der Waals surface area contributed by atoms with Crippen LogP contribution >= 0.6 is 20.2 Å². The highest BCUT2D eigenvalue weighted by molar-refractivity contribution is 8.07. The maximum absolute atomic E-state index is 13.2. The van der Waals surface area contributed by atoms with Crippen molar-refractivity contribution in [3.05, 3.63) is 6.32 Å². The topological polar surface area (TPSA) is 472 Å². The van der Waals surface area contributed by atoms with Gasteiger partial charge in [0.1, 0.15) is 82.3 Å². The number of aliphatic hydroxyl groups excluding tert-OH is 5. The summed E-state index contributed by atoms with van der Waals surface area (Å²) in [7, 11) is 16.5. The SMILES string of the molecule is [B]C1CC(OP(O)(=S)OCC)C(COP(O)(=S)OC2CC([B])OC2COP(O)(=S)OC2CC([B][CH]C(C)(C)C3(O)C(C)OC(OC4CC(O)(N=C(N)N)C(N=C(N)N)C(O)C4O)C3OC3OC(CO)C(O)C(O)C3NC)OC2COC)O1. The Kier molecular flexibility index (Phi) is 25.1. The zero-order valence-corrected chi connectivity index (χ0v) is 50.9. The van der Waals surface area contributed by atoms with E-state index in [0.717, 1.165) is 0 Å². The van der Waals surface area contributed by atoms with Crippen LogP contribution in [0.3, 0.4) is 0 Å². The van der Waals surface area contributed by atoms with Crippen LogP contribution in [-0.2, 0) is 100 Å². The molecule has 31 nitrogen and oxygen atoms in total. The Balaban J connectivity index is 1.14. The van der Waals surface area contributed by atoms with E-state index in [1.807, 2.05) is 0 Å².